The number of aromatic nitrogens is 2. The minimum absolute atomic E-state index is 0.0227. The summed E-state index contributed by atoms with van der Waals surface area (Å²) in [5.41, 5.74) is 2.05. The number of nitrogen functional groups attached to an aromatic ring is 1. The van der Waals surface area contributed by atoms with E-state index in [0.29, 0.717) is 24.3 Å². The number of thiophene rings is 1. The highest BCUT2D eigenvalue weighted by atomic mass is 32.1. The average molecular weight is 649 g/mol. The van der Waals surface area contributed by atoms with E-state index in [9.17, 15) is 27.2 Å². The van der Waals surface area contributed by atoms with Crippen LogP contribution >= 0.6 is 11.3 Å². The van der Waals surface area contributed by atoms with Crippen LogP contribution in [0.4, 0.5) is 37.2 Å². The molecule has 2 aromatic heterocycles. The summed E-state index contributed by atoms with van der Waals surface area (Å²) in [5.74, 6) is -2.11. The number of halogens is 6. The van der Waals surface area contributed by atoms with Crippen LogP contribution in [0.2, 0.25) is 0 Å². The van der Waals surface area contributed by atoms with Crippen molar-refractivity contribution in [1.82, 2.24) is 14.9 Å². The van der Waals surface area contributed by atoms with E-state index in [1.165, 1.54) is 0 Å². The molecule has 15 heteroatoms. The van der Waals surface area contributed by atoms with Crippen LogP contribution < -0.4 is 15.4 Å². The summed E-state index contributed by atoms with van der Waals surface area (Å²) in [5, 5.41) is 9.22. The van der Waals surface area contributed by atoms with Crippen molar-refractivity contribution in [3.8, 4) is 23.2 Å². The zero-order chi connectivity index (χ0) is 31.7. The van der Waals surface area contributed by atoms with Crippen molar-refractivity contribution in [2.24, 2.45) is 0 Å². The number of fused-ring (bicyclic) bond motifs is 3. The summed E-state index contributed by atoms with van der Waals surface area (Å²) < 4.78 is 101. The molecule has 3 aliphatic rings. The van der Waals surface area contributed by atoms with E-state index < -0.39 is 46.2 Å². The van der Waals surface area contributed by atoms with Crippen LogP contribution in [-0.2, 0) is 10.9 Å². The van der Waals surface area contributed by atoms with E-state index in [-0.39, 0.29) is 89.3 Å². The standard InChI is InChI=1S/C30H26F6N6O2S/c31-15-11-29(4-1-5-42(29)13-15)14-44-28-39-24-17(27(40-28)41-6-8-43-9-7-41)10-19(30(34,35)36)22(23(24)33)16-2-3-20(32)25-21(16)18(12-37)26(38)45-25/h2-3,10,15H,1,4-9,11,13-14,38H2. The number of nitriles is 1. The van der Waals surface area contributed by atoms with Crippen molar-refractivity contribution in [1.29, 1.82) is 5.26 Å². The minimum Gasteiger partial charge on any atom is -0.461 e. The molecule has 3 saturated heterocycles. The van der Waals surface area contributed by atoms with Crippen molar-refractivity contribution >= 4 is 43.1 Å². The van der Waals surface area contributed by atoms with Gasteiger partial charge in [-0.1, -0.05) is 6.07 Å². The lowest BCUT2D eigenvalue weighted by atomic mass is 9.92. The number of rotatable bonds is 5. The Balaban J connectivity index is 1.45. The molecule has 0 aliphatic carbocycles. The fraction of sp³-hybridized carbons (Fsp3) is 0.433. The number of nitrogens with zero attached hydrogens (tertiary/aromatic N) is 5. The van der Waals surface area contributed by atoms with E-state index >= 15 is 4.39 Å². The Bertz CT molecular complexity index is 1870. The summed E-state index contributed by atoms with van der Waals surface area (Å²) in [6, 6.07) is 4.25. The molecule has 7 rings (SSSR count). The number of anilines is 2. The molecule has 0 saturated carbocycles. The van der Waals surface area contributed by atoms with Crippen molar-refractivity contribution in [2.75, 3.05) is 56.6 Å². The predicted molar refractivity (Wildman–Crippen MR) is 156 cm³/mol. The van der Waals surface area contributed by atoms with Gasteiger partial charge in [0.2, 0.25) is 0 Å². The number of ether oxygens (including phenoxy) is 2. The second kappa shape index (κ2) is 10.9. The van der Waals surface area contributed by atoms with Gasteiger partial charge in [0, 0.05) is 42.4 Å². The maximum Gasteiger partial charge on any atom is 0.417 e. The first-order valence-corrected chi connectivity index (χ1v) is 15.2. The number of benzene rings is 2. The van der Waals surface area contributed by atoms with Crippen molar-refractivity contribution < 1.29 is 35.8 Å². The Labute approximate surface area is 256 Å². The third kappa shape index (κ3) is 4.90. The Morgan fingerprint density at radius 2 is 1.96 bits per heavy atom. The van der Waals surface area contributed by atoms with Crippen LogP contribution in [0.5, 0.6) is 6.01 Å². The molecular weight excluding hydrogens is 622 g/mol. The van der Waals surface area contributed by atoms with E-state index in [2.05, 4.69) is 9.97 Å². The lowest BCUT2D eigenvalue weighted by molar-refractivity contribution is -0.137. The first-order chi connectivity index (χ1) is 21.5. The molecule has 3 aliphatic heterocycles. The SMILES string of the molecule is N#Cc1c(N)sc2c(F)ccc(-c3c(C(F)(F)F)cc4c(N5CCOCC5)nc(OCC56CCCN5CC(F)C6)nc4c3F)c12. The van der Waals surface area contributed by atoms with Gasteiger partial charge in [0.05, 0.1) is 34.6 Å². The van der Waals surface area contributed by atoms with Gasteiger partial charge in [0.1, 0.15) is 41.0 Å². The molecule has 2 N–H and O–H groups in total. The van der Waals surface area contributed by atoms with Gasteiger partial charge < -0.3 is 20.1 Å². The van der Waals surface area contributed by atoms with Crippen LogP contribution in [0.3, 0.4) is 0 Å². The molecular formula is C30H26F6N6O2S. The molecule has 236 valence electrons. The minimum atomic E-state index is -5.06. The highest BCUT2D eigenvalue weighted by Crippen LogP contribution is 2.48. The van der Waals surface area contributed by atoms with Gasteiger partial charge in [0.15, 0.2) is 5.82 Å². The van der Waals surface area contributed by atoms with Crippen molar-refractivity contribution in [3.63, 3.8) is 0 Å². The Kier molecular flexibility index (Phi) is 7.21. The average Bonchev–Trinajstić information content (AvgIpc) is 3.65. The molecule has 2 atom stereocenters. The number of hydrogen-bond donors (Lipinski definition) is 1. The topological polar surface area (TPSA) is 101 Å². The summed E-state index contributed by atoms with van der Waals surface area (Å²) in [6.07, 6.45) is -4.27. The number of alkyl halides is 4. The van der Waals surface area contributed by atoms with Crippen molar-refractivity contribution in [3.05, 3.63) is 41.0 Å². The lowest BCUT2D eigenvalue weighted by Crippen LogP contribution is -2.43. The number of nitrogens with two attached hydrogens (primary N) is 1. The molecule has 8 nitrogen and oxygen atoms in total. The summed E-state index contributed by atoms with van der Waals surface area (Å²) in [6.45, 7) is 2.11. The highest BCUT2D eigenvalue weighted by Gasteiger charge is 2.49. The molecule has 0 radical (unpaired) electrons. The van der Waals surface area contributed by atoms with Crippen LogP contribution in [0.15, 0.2) is 18.2 Å². The first-order valence-electron chi connectivity index (χ1n) is 14.4. The summed E-state index contributed by atoms with van der Waals surface area (Å²) in [4.78, 5) is 12.4. The van der Waals surface area contributed by atoms with Gasteiger partial charge in [-0.2, -0.15) is 28.4 Å². The maximum atomic E-state index is 16.8. The lowest BCUT2D eigenvalue weighted by Gasteiger charge is -2.32. The predicted octanol–water partition coefficient (Wildman–Crippen LogP) is 6.05. The number of hydrogen-bond acceptors (Lipinski definition) is 9. The Morgan fingerprint density at radius 3 is 2.69 bits per heavy atom. The second-order valence-corrected chi connectivity index (χ2v) is 12.6. The quantitative estimate of drug-likeness (QED) is 0.261. The molecule has 2 aromatic carbocycles. The maximum absolute atomic E-state index is 16.8. The Hall–Kier alpha value is -3.87. The fourth-order valence-corrected chi connectivity index (χ4v) is 7.86. The van der Waals surface area contributed by atoms with Crippen LogP contribution in [0, 0.1) is 23.0 Å². The van der Waals surface area contributed by atoms with Crippen LogP contribution in [0.1, 0.15) is 30.4 Å². The second-order valence-electron chi connectivity index (χ2n) is 11.6. The van der Waals surface area contributed by atoms with E-state index in [4.69, 9.17) is 15.2 Å². The van der Waals surface area contributed by atoms with Gasteiger partial charge in [-0.3, -0.25) is 4.90 Å². The molecule has 0 bridgehead atoms. The van der Waals surface area contributed by atoms with Crippen LogP contribution in [-0.4, -0.2) is 72.6 Å². The molecule has 2 unspecified atom stereocenters. The monoisotopic (exact) mass is 648 g/mol. The third-order valence-corrected chi connectivity index (χ3v) is 9.96. The van der Waals surface area contributed by atoms with E-state index in [1.54, 1.807) is 4.90 Å². The van der Waals surface area contributed by atoms with Gasteiger partial charge in [-0.25, -0.2) is 13.2 Å². The smallest absolute Gasteiger partial charge is 0.417 e. The first kappa shape index (κ1) is 29.8. The molecule has 45 heavy (non-hydrogen) atoms. The number of morpholine rings is 1. The van der Waals surface area contributed by atoms with Gasteiger partial charge in [0.25, 0.3) is 0 Å². The Morgan fingerprint density at radius 1 is 1.18 bits per heavy atom. The van der Waals surface area contributed by atoms with Gasteiger partial charge >= 0.3 is 12.2 Å². The molecule has 3 fully saturated rings. The fourth-order valence-electron chi connectivity index (χ4n) is 6.91. The zero-order valence-corrected chi connectivity index (χ0v) is 24.5. The normalized spacial score (nSPS) is 22.3. The third-order valence-electron chi connectivity index (χ3n) is 8.94. The van der Waals surface area contributed by atoms with E-state index in [1.807, 2.05) is 11.0 Å². The van der Waals surface area contributed by atoms with E-state index in [0.717, 1.165) is 24.6 Å². The van der Waals surface area contributed by atoms with Crippen LogP contribution in [0.25, 0.3) is 32.1 Å². The zero-order valence-electron chi connectivity index (χ0n) is 23.7. The largest absolute Gasteiger partial charge is 0.461 e. The highest BCUT2D eigenvalue weighted by molar-refractivity contribution is 7.23. The molecule has 5 heterocycles. The van der Waals surface area contributed by atoms with Gasteiger partial charge in [-0.15, -0.1) is 11.3 Å². The summed E-state index contributed by atoms with van der Waals surface area (Å²) >= 11 is 0.693. The van der Waals surface area contributed by atoms with Crippen molar-refractivity contribution in [2.45, 2.75) is 37.1 Å². The molecule has 0 spiro atoms. The van der Waals surface area contributed by atoms with Gasteiger partial charge in [-0.05, 0) is 37.1 Å². The molecule has 0 amide bonds. The summed E-state index contributed by atoms with van der Waals surface area (Å²) in [7, 11) is 0. The molecule has 4 aromatic rings.